The SMILES string of the molecule is COc1ccccc1Nc1nc2ccc(-c3cccc(CNS(=O)[O-])c3)cn2n1. The lowest BCUT2D eigenvalue weighted by Gasteiger charge is -2.09. The molecule has 9 heteroatoms. The number of nitrogens with one attached hydrogen (secondary N) is 2. The second kappa shape index (κ2) is 8.39. The Labute approximate surface area is 170 Å². The van der Waals surface area contributed by atoms with Crippen LogP contribution in [0.4, 0.5) is 11.6 Å². The van der Waals surface area contributed by atoms with Crippen LogP contribution in [0.3, 0.4) is 0 Å². The van der Waals surface area contributed by atoms with Crippen LogP contribution in [0.1, 0.15) is 5.56 Å². The highest BCUT2D eigenvalue weighted by Crippen LogP contribution is 2.26. The number of nitrogens with zero attached hydrogens (tertiary/aromatic N) is 3. The summed E-state index contributed by atoms with van der Waals surface area (Å²) in [4.78, 5) is 4.49. The van der Waals surface area contributed by atoms with Gasteiger partial charge in [0.1, 0.15) is 5.75 Å². The van der Waals surface area contributed by atoms with Gasteiger partial charge in [-0.1, -0.05) is 30.3 Å². The van der Waals surface area contributed by atoms with Crippen molar-refractivity contribution in [3.8, 4) is 16.9 Å². The number of fused-ring (bicyclic) bond motifs is 1. The number of hydrogen-bond donors (Lipinski definition) is 2. The summed E-state index contributed by atoms with van der Waals surface area (Å²) in [5.74, 6) is 1.17. The Morgan fingerprint density at radius 2 is 1.97 bits per heavy atom. The van der Waals surface area contributed by atoms with Crippen molar-refractivity contribution < 1.29 is 13.5 Å². The Balaban J connectivity index is 1.60. The normalized spacial score (nSPS) is 12.1. The van der Waals surface area contributed by atoms with Gasteiger partial charge >= 0.3 is 0 Å². The minimum atomic E-state index is -2.29. The smallest absolute Gasteiger partial charge is 0.247 e. The minimum absolute atomic E-state index is 0.239. The third-order valence-corrected chi connectivity index (χ3v) is 4.72. The first kappa shape index (κ1) is 19.1. The van der Waals surface area contributed by atoms with Crippen LogP contribution in [-0.2, 0) is 17.8 Å². The molecule has 8 nitrogen and oxygen atoms in total. The first-order chi connectivity index (χ1) is 14.1. The summed E-state index contributed by atoms with van der Waals surface area (Å²) in [6.07, 6.45) is 1.88. The zero-order chi connectivity index (χ0) is 20.2. The predicted molar refractivity (Wildman–Crippen MR) is 110 cm³/mol. The number of ether oxygens (including phenoxy) is 1. The van der Waals surface area contributed by atoms with Crippen LogP contribution < -0.4 is 14.8 Å². The van der Waals surface area contributed by atoms with Gasteiger partial charge in [-0.25, -0.2) is 9.24 Å². The Morgan fingerprint density at radius 1 is 1.10 bits per heavy atom. The van der Waals surface area contributed by atoms with Crippen LogP contribution in [0.25, 0.3) is 16.8 Å². The summed E-state index contributed by atoms with van der Waals surface area (Å²) in [6, 6.07) is 19.0. The molecule has 0 spiro atoms. The molecule has 0 aliphatic heterocycles. The first-order valence-electron chi connectivity index (χ1n) is 8.81. The lowest BCUT2D eigenvalue weighted by molar-refractivity contribution is 0.417. The number of methoxy groups -OCH3 is 1. The fourth-order valence-electron chi connectivity index (χ4n) is 2.98. The van der Waals surface area contributed by atoms with Crippen LogP contribution in [0.5, 0.6) is 5.75 Å². The van der Waals surface area contributed by atoms with Crippen molar-refractivity contribution in [2.24, 2.45) is 0 Å². The Kier molecular flexibility index (Phi) is 5.52. The van der Waals surface area contributed by atoms with Crippen molar-refractivity contribution in [1.82, 2.24) is 19.3 Å². The molecular weight excluding hydrogens is 390 g/mol. The van der Waals surface area contributed by atoms with Gasteiger partial charge in [0.2, 0.25) is 5.95 Å². The Bertz CT molecular complexity index is 1180. The van der Waals surface area contributed by atoms with Gasteiger partial charge in [-0.15, -0.1) is 5.10 Å². The van der Waals surface area contributed by atoms with Gasteiger partial charge in [0.25, 0.3) is 0 Å². The van der Waals surface area contributed by atoms with E-state index in [4.69, 9.17) is 4.74 Å². The van der Waals surface area contributed by atoms with E-state index in [0.717, 1.165) is 22.4 Å². The van der Waals surface area contributed by atoms with E-state index in [9.17, 15) is 8.76 Å². The number of para-hydroxylation sites is 2. The molecule has 148 valence electrons. The molecule has 2 N–H and O–H groups in total. The standard InChI is InChI=1S/C20H19N5O3S/c1-28-18-8-3-2-7-17(18)22-20-23-19-10-9-16(13-25(19)24-20)15-6-4-5-14(11-15)12-21-29(26)27/h2-11,13,21H,12H2,1H3,(H,22,24)(H,26,27)/p-1. The second-order valence-corrected chi connectivity index (χ2v) is 7.00. The van der Waals surface area contributed by atoms with Gasteiger partial charge in [0, 0.05) is 29.6 Å². The summed E-state index contributed by atoms with van der Waals surface area (Å²) in [6.45, 7) is 0.239. The van der Waals surface area contributed by atoms with E-state index in [2.05, 4.69) is 20.1 Å². The topological polar surface area (TPSA) is 104 Å². The third kappa shape index (κ3) is 4.43. The van der Waals surface area contributed by atoms with E-state index < -0.39 is 11.3 Å². The molecule has 0 aliphatic rings. The lowest BCUT2D eigenvalue weighted by Crippen LogP contribution is -2.15. The number of anilines is 2. The highest BCUT2D eigenvalue weighted by molar-refractivity contribution is 7.77. The predicted octanol–water partition coefficient (Wildman–Crippen LogP) is 3.03. The first-order valence-corrected chi connectivity index (χ1v) is 9.88. The average molecular weight is 408 g/mol. The summed E-state index contributed by atoms with van der Waals surface area (Å²) < 4.78 is 30.8. The molecule has 0 saturated heterocycles. The van der Waals surface area contributed by atoms with Gasteiger partial charge in [-0.2, -0.15) is 4.98 Å². The van der Waals surface area contributed by atoms with E-state index >= 15 is 0 Å². The van der Waals surface area contributed by atoms with Crippen LogP contribution >= 0.6 is 0 Å². The molecule has 0 saturated carbocycles. The molecule has 2 heterocycles. The molecule has 0 fully saturated rings. The lowest BCUT2D eigenvalue weighted by atomic mass is 10.0. The molecule has 29 heavy (non-hydrogen) atoms. The number of benzene rings is 2. The third-order valence-electron chi connectivity index (χ3n) is 4.34. The van der Waals surface area contributed by atoms with Crippen molar-refractivity contribution in [3.05, 3.63) is 72.4 Å². The van der Waals surface area contributed by atoms with E-state index in [0.29, 0.717) is 17.3 Å². The van der Waals surface area contributed by atoms with Gasteiger partial charge in [-0.3, -0.25) is 4.21 Å². The molecule has 0 amide bonds. The number of aromatic nitrogens is 3. The fourth-order valence-corrected chi connectivity index (χ4v) is 3.26. The van der Waals surface area contributed by atoms with Crippen LogP contribution in [0, 0.1) is 0 Å². The minimum Gasteiger partial charge on any atom is -0.760 e. The van der Waals surface area contributed by atoms with Crippen molar-refractivity contribution in [1.29, 1.82) is 0 Å². The van der Waals surface area contributed by atoms with E-state index in [1.165, 1.54) is 0 Å². The quantitative estimate of drug-likeness (QED) is 0.456. The maximum absolute atomic E-state index is 10.7. The van der Waals surface area contributed by atoms with Gasteiger partial charge in [0.15, 0.2) is 5.65 Å². The molecule has 0 bridgehead atoms. The highest BCUT2D eigenvalue weighted by Gasteiger charge is 2.08. The average Bonchev–Trinajstić information content (AvgIpc) is 3.14. The fraction of sp³-hybridized carbons (Fsp3) is 0.100. The zero-order valence-corrected chi connectivity index (χ0v) is 16.3. The summed E-state index contributed by atoms with van der Waals surface area (Å²) >= 11 is -2.29. The number of hydrogen-bond acceptors (Lipinski definition) is 6. The summed E-state index contributed by atoms with van der Waals surface area (Å²) in [5.41, 5.74) is 4.24. The van der Waals surface area contributed by atoms with Gasteiger partial charge in [0.05, 0.1) is 12.8 Å². The molecule has 4 aromatic rings. The Hall–Kier alpha value is -3.27. The van der Waals surface area contributed by atoms with E-state index in [-0.39, 0.29) is 6.54 Å². The Morgan fingerprint density at radius 3 is 2.79 bits per heavy atom. The maximum Gasteiger partial charge on any atom is 0.247 e. The summed E-state index contributed by atoms with van der Waals surface area (Å²) in [5, 5.41) is 7.67. The van der Waals surface area contributed by atoms with Gasteiger partial charge in [-0.05, 0) is 41.5 Å². The van der Waals surface area contributed by atoms with E-state index in [1.807, 2.05) is 66.9 Å². The molecule has 0 radical (unpaired) electrons. The van der Waals surface area contributed by atoms with Crippen molar-refractivity contribution in [2.75, 3.05) is 12.4 Å². The zero-order valence-electron chi connectivity index (χ0n) is 15.5. The van der Waals surface area contributed by atoms with Crippen molar-refractivity contribution in [3.63, 3.8) is 0 Å². The molecule has 0 aliphatic carbocycles. The monoisotopic (exact) mass is 408 g/mol. The molecule has 1 unspecified atom stereocenters. The molecule has 2 aromatic carbocycles. The largest absolute Gasteiger partial charge is 0.760 e. The van der Waals surface area contributed by atoms with Crippen LogP contribution in [0.15, 0.2) is 66.9 Å². The number of pyridine rings is 1. The van der Waals surface area contributed by atoms with Gasteiger partial charge < -0.3 is 14.6 Å². The molecule has 4 rings (SSSR count). The highest BCUT2D eigenvalue weighted by atomic mass is 32.2. The maximum atomic E-state index is 10.7. The molecule has 1 atom stereocenters. The second-order valence-electron chi connectivity index (χ2n) is 6.24. The number of rotatable bonds is 7. The van der Waals surface area contributed by atoms with E-state index in [1.54, 1.807) is 11.6 Å². The van der Waals surface area contributed by atoms with Crippen LogP contribution in [0.2, 0.25) is 0 Å². The van der Waals surface area contributed by atoms with Crippen molar-refractivity contribution >= 4 is 28.5 Å². The summed E-state index contributed by atoms with van der Waals surface area (Å²) in [7, 11) is 1.61. The van der Waals surface area contributed by atoms with Crippen LogP contribution in [-0.4, -0.2) is 30.5 Å². The molecular formula is C20H18N5O3S-. The van der Waals surface area contributed by atoms with Crippen molar-refractivity contribution in [2.45, 2.75) is 6.54 Å². The molecule has 2 aromatic heterocycles.